The molecule has 2 aromatic rings. The van der Waals surface area contributed by atoms with E-state index in [0.29, 0.717) is 0 Å². The van der Waals surface area contributed by atoms with Gasteiger partial charge >= 0.3 is 7.12 Å². The Kier molecular flexibility index (Phi) is 2.95. The van der Waals surface area contributed by atoms with E-state index in [-0.39, 0.29) is 11.2 Å². The second-order valence-corrected chi connectivity index (χ2v) is 5.97. The van der Waals surface area contributed by atoms with Crippen LogP contribution in [0.1, 0.15) is 27.7 Å². The summed E-state index contributed by atoms with van der Waals surface area (Å²) in [5, 5.41) is 4.34. The summed E-state index contributed by atoms with van der Waals surface area (Å²) >= 11 is 0. The predicted octanol–water partition coefficient (Wildman–Crippen LogP) is 1.57. The van der Waals surface area contributed by atoms with E-state index in [9.17, 15) is 0 Å². The van der Waals surface area contributed by atoms with Crippen LogP contribution in [0.5, 0.6) is 0 Å². The van der Waals surface area contributed by atoms with Crippen molar-refractivity contribution in [2.45, 2.75) is 38.9 Å². The maximum atomic E-state index is 6.07. The second kappa shape index (κ2) is 4.43. The minimum atomic E-state index is -0.428. The van der Waals surface area contributed by atoms with Crippen molar-refractivity contribution in [2.24, 2.45) is 0 Å². The minimum Gasteiger partial charge on any atom is -0.398 e. The maximum Gasteiger partial charge on any atom is 0.514 e. The first-order chi connectivity index (χ1) is 9.41. The smallest absolute Gasteiger partial charge is 0.398 e. The fourth-order valence-corrected chi connectivity index (χ4v) is 2.15. The fourth-order valence-electron chi connectivity index (χ4n) is 2.15. The highest BCUT2D eigenvalue weighted by Crippen LogP contribution is 2.36. The molecular formula is C14H18BN3O2. The summed E-state index contributed by atoms with van der Waals surface area (Å²) in [4.78, 5) is 4.12. The molecule has 5 nitrogen and oxygen atoms in total. The fraction of sp³-hybridized carbons (Fsp3) is 0.429. The molecule has 0 aliphatic carbocycles. The van der Waals surface area contributed by atoms with Crippen LogP contribution in [-0.2, 0) is 9.31 Å². The number of hydrogen-bond acceptors (Lipinski definition) is 4. The van der Waals surface area contributed by atoms with Crippen LogP contribution in [-0.4, -0.2) is 33.1 Å². The van der Waals surface area contributed by atoms with E-state index in [0.717, 1.165) is 11.3 Å². The Morgan fingerprint density at radius 2 is 1.75 bits per heavy atom. The van der Waals surface area contributed by atoms with E-state index < -0.39 is 7.12 Å². The van der Waals surface area contributed by atoms with Crippen LogP contribution in [0.15, 0.2) is 36.8 Å². The van der Waals surface area contributed by atoms with Crippen LogP contribution in [0.4, 0.5) is 0 Å². The molecule has 0 saturated carbocycles. The lowest BCUT2D eigenvalue weighted by atomic mass is 9.84. The molecule has 0 amide bonds. The van der Waals surface area contributed by atoms with E-state index in [4.69, 9.17) is 9.31 Å². The van der Waals surface area contributed by atoms with Crippen molar-refractivity contribution in [2.75, 3.05) is 0 Å². The third kappa shape index (κ3) is 2.05. The molecule has 3 heterocycles. The number of pyridine rings is 1. The molecule has 3 rings (SSSR count). The van der Waals surface area contributed by atoms with Gasteiger partial charge in [-0.25, -0.2) is 4.68 Å². The van der Waals surface area contributed by atoms with Gasteiger partial charge in [-0.3, -0.25) is 4.98 Å². The first-order valence-corrected chi connectivity index (χ1v) is 6.71. The number of aromatic nitrogens is 3. The SMILES string of the molecule is CC1(C)OB(c2ccnn2-c2cccnc2)OC1(C)C. The molecule has 0 unspecified atom stereocenters. The third-order valence-corrected chi connectivity index (χ3v) is 4.06. The highest BCUT2D eigenvalue weighted by molar-refractivity contribution is 6.61. The second-order valence-electron chi connectivity index (χ2n) is 5.97. The highest BCUT2D eigenvalue weighted by Gasteiger charge is 2.52. The molecule has 0 aromatic carbocycles. The molecule has 1 fully saturated rings. The largest absolute Gasteiger partial charge is 0.514 e. The normalized spacial score (nSPS) is 20.3. The monoisotopic (exact) mass is 271 g/mol. The van der Waals surface area contributed by atoms with Crippen LogP contribution in [0.25, 0.3) is 5.69 Å². The van der Waals surface area contributed by atoms with Crippen LogP contribution in [0, 0.1) is 0 Å². The lowest BCUT2D eigenvalue weighted by Crippen LogP contribution is -2.41. The molecule has 20 heavy (non-hydrogen) atoms. The molecule has 6 heteroatoms. The molecule has 0 radical (unpaired) electrons. The first kappa shape index (κ1) is 13.3. The molecule has 1 aliphatic rings. The average molecular weight is 271 g/mol. The molecule has 0 spiro atoms. The van der Waals surface area contributed by atoms with Gasteiger partial charge in [0.1, 0.15) is 0 Å². The van der Waals surface area contributed by atoms with Crippen molar-refractivity contribution >= 4 is 12.7 Å². The number of nitrogens with zero attached hydrogens (tertiary/aromatic N) is 3. The molecule has 0 atom stereocenters. The Hall–Kier alpha value is -1.66. The van der Waals surface area contributed by atoms with Gasteiger partial charge in [0.25, 0.3) is 0 Å². The zero-order valence-corrected chi connectivity index (χ0v) is 12.2. The molecule has 1 saturated heterocycles. The van der Waals surface area contributed by atoms with Crippen molar-refractivity contribution < 1.29 is 9.31 Å². The summed E-state index contributed by atoms with van der Waals surface area (Å²) in [6, 6.07) is 5.74. The molecule has 2 aromatic heterocycles. The lowest BCUT2D eigenvalue weighted by Gasteiger charge is -2.32. The number of hydrogen-bond donors (Lipinski definition) is 0. The van der Waals surface area contributed by atoms with E-state index in [2.05, 4.69) is 10.1 Å². The van der Waals surface area contributed by atoms with Crippen molar-refractivity contribution in [3.63, 3.8) is 0 Å². The molecule has 104 valence electrons. The zero-order chi connectivity index (χ0) is 14.4. The van der Waals surface area contributed by atoms with Gasteiger partial charge in [-0.15, -0.1) is 0 Å². The van der Waals surface area contributed by atoms with Gasteiger partial charge < -0.3 is 9.31 Å². The Labute approximate surface area is 119 Å². The van der Waals surface area contributed by atoms with Crippen LogP contribution in [0.2, 0.25) is 0 Å². The van der Waals surface area contributed by atoms with Gasteiger partial charge in [0.15, 0.2) is 0 Å². The average Bonchev–Trinajstić information content (AvgIpc) is 2.94. The predicted molar refractivity (Wildman–Crippen MR) is 77.1 cm³/mol. The lowest BCUT2D eigenvalue weighted by molar-refractivity contribution is 0.00578. The van der Waals surface area contributed by atoms with Gasteiger partial charge in [-0.05, 0) is 45.9 Å². The quantitative estimate of drug-likeness (QED) is 0.778. The summed E-state index contributed by atoms with van der Waals surface area (Å²) in [6.45, 7) is 8.16. The Morgan fingerprint density at radius 1 is 1.05 bits per heavy atom. The third-order valence-electron chi connectivity index (χ3n) is 4.06. The van der Waals surface area contributed by atoms with Crippen LogP contribution < -0.4 is 5.59 Å². The van der Waals surface area contributed by atoms with E-state index >= 15 is 0 Å². The first-order valence-electron chi connectivity index (χ1n) is 6.71. The summed E-state index contributed by atoms with van der Waals surface area (Å²) in [5.74, 6) is 0. The summed E-state index contributed by atoms with van der Waals surface area (Å²) < 4.78 is 13.9. The van der Waals surface area contributed by atoms with Gasteiger partial charge in [0.05, 0.1) is 28.7 Å². The number of rotatable bonds is 2. The molecule has 0 bridgehead atoms. The van der Waals surface area contributed by atoms with Crippen molar-refractivity contribution in [3.05, 3.63) is 36.8 Å². The van der Waals surface area contributed by atoms with Crippen molar-refractivity contribution in [1.82, 2.24) is 14.8 Å². The Bertz CT molecular complexity index is 594. The van der Waals surface area contributed by atoms with Gasteiger partial charge in [-0.1, -0.05) is 0 Å². The van der Waals surface area contributed by atoms with E-state index in [1.807, 2.05) is 45.9 Å². The maximum absolute atomic E-state index is 6.07. The van der Waals surface area contributed by atoms with Gasteiger partial charge in [0, 0.05) is 12.4 Å². The van der Waals surface area contributed by atoms with E-state index in [1.165, 1.54) is 0 Å². The highest BCUT2D eigenvalue weighted by atomic mass is 16.7. The van der Waals surface area contributed by atoms with Crippen molar-refractivity contribution in [1.29, 1.82) is 0 Å². The molecule has 0 N–H and O–H groups in total. The Balaban J connectivity index is 1.96. The topological polar surface area (TPSA) is 49.2 Å². The summed E-state index contributed by atoms with van der Waals surface area (Å²) in [7, 11) is -0.428. The summed E-state index contributed by atoms with van der Waals surface area (Å²) in [6.07, 6.45) is 5.25. The molecule has 1 aliphatic heterocycles. The van der Waals surface area contributed by atoms with Gasteiger partial charge in [-0.2, -0.15) is 5.10 Å². The summed E-state index contributed by atoms with van der Waals surface area (Å²) in [5.41, 5.74) is 1.04. The standard InChI is InChI=1S/C14H18BN3O2/c1-13(2)14(3,4)20-15(19-13)12-7-9-17-18(12)11-6-5-8-16-10-11/h5-10H,1-4H3. The Morgan fingerprint density at radius 3 is 2.35 bits per heavy atom. The van der Waals surface area contributed by atoms with Gasteiger partial charge in [0.2, 0.25) is 0 Å². The van der Waals surface area contributed by atoms with Crippen LogP contribution in [0.3, 0.4) is 0 Å². The van der Waals surface area contributed by atoms with Crippen LogP contribution >= 0.6 is 0 Å². The van der Waals surface area contributed by atoms with E-state index in [1.54, 1.807) is 23.3 Å². The zero-order valence-electron chi connectivity index (χ0n) is 12.2. The van der Waals surface area contributed by atoms with Crippen molar-refractivity contribution in [3.8, 4) is 5.69 Å². The molecular weight excluding hydrogens is 253 g/mol. The minimum absolute atomic E-state index is 0.359.